The number of hydrogen-bond acceptors (Lipinski definition) is 5. The van der Waals surface area contributed by atoms with Crippen molar-refractivity contribution in [2.45, 2.75) is 25.3 Å². The van der Waals surface area contributed by atoms with Gasteiger partial charge < -0.3 is 10.4 Å². The third-order valence-corrected chi connectivity index (χ3v) is 7.27. The fourth-order valence-corrected chi connectivity index (χ4v) is 5.87. The number of thiophene rings is 1. The minimum atomic E-state index is -0.939. The number of carboxylic acid groups (broad SMARTS) is 1. The first-order valence-corrected chi connectivity index (χ1v) is 11.2. The highest BCUT2D eigenvalue weighted by molar-refractivity contribution is 7.19. The maximum atomic E-state index is 11.2. The molecule has 2 aromatic carbocycles. The summed E-state index contributed by atoms with van der Waals surface area (Å²) in [5.74, 6) is 1.08. The van der Waals surface area contributed by atoms with Crippen LogP contribution in [0.4, 0.5) is 5.82 Å². The van der Waals surface area contributed by atoms with Gasteiger partial charge >= 0.3 is 5.97 Å². The Morgan fingerprint density at radius 2 is 1.90 bits per heavy atom. The third kappa shape index (κ3) is 2.94. The van der Waals surface area contributed by atoms with Crippen LogP contribution in [0.1, 0.15) is 45.1 Å². The number of allylic oxidation sites excluding steroid dienone is 2. The molecule has 6 rings (SSSR count). The van der Waals surface area contributed by atoms with Gasteiger partial charge in [-0.2, -0.15) is 0 Å². The molecule has 1 atom stereocenters. The lowest BCUT2D eigenvalue weighted by molar-refractivity contribution is 0.0697. The van der Waals surface area contributed by atoms with Crippen molar-refractivity contribution in [2.75, 3.05) is 5.32 Å². The Kier molecular flexibility index (Phi) is 4.14. The number of carbonyl (C=O) groups is 1. The van der Waals surface area contributed by atoms with Crippen LogP contribution in [0.15, 0.2) is 60.7 Å². The van der Waals surface area contributed by atoms with E-state index < -0.39 is 5.97 Å². The van der Waals surface area contributed by atoms with E-state index in [1.165, 1.54) is 28.0 Å². The van der Waals surface area contributed by atoms with E-state index in [4.69, 9.17) is 9.97 Å². The molecular weight excluding hydrogens is 406 g/mol. The number of fused-ring (bicyclic) bond motifs is 6. The van der Waals surface area contributed by atoms with Crippen LogP contribution >= 0.6 is 11.3 Å². The van der Waals surface area contributed by atoms with E-state index in [1.54, 1.807) is 35.6 Å². The third-order valence-electron chi connectivity index (χ3n) is 6.07. The van der Waals surface area contributed by atoms with E-state index in [0.29, 0.717) is 18.3 Å². The first-order valence-electron chi connectivity index (χ1n) is 10.4. The van der Waals surface area contributed by atoms with Gasteiger partial charge in [-0.25, -0.2) is 14.8 Å². The van der Waals surface area contributed by atoms with Crippen LogP contribution in [0.3, 0.4) is 0 Å². The van der Waals surface area contributed by atoms with Crippen LogP contribution in [0.5, 0.6) is 0 Å². The van der Waals surface area contributed by atoms with E-state index >= 15 is 0 Å². The van der Waals surface area contributed by atoms with Gasteiger partial charge in [-0.15, -0.1) is 11.3 Å². The van der Waals surface area contributed by atoms with Gasteiger partial charge in [0.05, 0.1) is 10.9 Å². The largest absolute Gasteiger partial charge is 0.478 e. The minimum absolute atomic E-state index is 0.255. The summed E-state index contributed by atoms with van der Waals surface area (Å²) < 4.78 is 0. The highest BCUT2D eigenvalue weighted by atomic mass is 32.1. The molecule has 0 amide bonds. The topological polar surface area (TPSA) is 75.1 Å². The summed E-state index contributed by atoms with van der Waals surface area (Å²) in [7, 11) is 0. The smallest absolute Gasteiger partial charge is 0.335 e. The fourth-order valence-electron chi connectivity index (χ4n) is 4.52. The quantitative estimate of drug-likeness (QED) is 0.414. The zero-order valence-corrected chi connectivity index (χ0v) is 17.4. The standard InChI is InChI=1S/C25H19N3O2S/c29-25(30)16-11-9-15(10-12-16)22-27-23(26-13-14-5-2-1-3-6-14)20-19-17-7-4-8-18(17)21(19)31-24(20)28-22/h1-3,5-7,9-12,18H,4,8,13H2,(H,29,30)(H,26,27,28). The first kappa shape index (κ1) is 18.3. The zero-order chi connectivity index (χ0) is 20.9. The van der Waals surface area contributed by atoms with Crippen LogP contribution < -0.4 is 5.32 Å². The average molecular weight is 426 g/mol. The average Bonchev–Trinajstić information content (AvgIpc) is 3.35. The Morgan fingerprint density at radius 3 is 2.68 bits per heavy atom. The van der Waals surface area contributed by atoms with Gasteiger partial charge in [0.25, 0.3) is 0 Å². The van der Waals surface area contributed by atoms with Crippen LogP contribution in [0.2, 0.25) is 0 Å². The number of carboxylic acids is 1. The molecule has 152 valence electrons. The van der Waals surface area contributed by atoms with Crippen LogP contribution in [0, 0.1) is 0 Å². The van der Waals surface area contributed by atoms with Crippen molar-refractivity contribution in [1.82, 2.24) is 9.97 Å². The Balaban J connectivity index is 1.46. The number of aromatic carboxylic acids is 1. The fraction of sp³-hybridized carbons (Fsp3) is 0.160. The molecule has 1 unspecified atom stereocenters. The summed E-state index contributed by atoms with van der Waals surface area (Å²) in [6.07, 6.45) is 4.70. The van der Waals surface area contributed by atoms with Crippen molar-refractivity contribution in [3.05, 3.63) is 82.2 Å². The number of hydrogen-bond donors (Lipinski definition) is 2. The SMILES string of the molecule is O=C(O)c1ccc(-c2nc(NCc3ccccc3)c3c4c(sc3n2)C2CCC=C42)cc1. The van der Waals surface area contributed by atoms with Gasteiger partial charge in [-0.3, -0.25) is 0 Å². The molecular formula is C25H19N3O2S. The number of nitrogens with zero attached hydrogens (tertiary/aromatic N) is 2. The Morgan fingerprint density at radius 1 is 1.10 bits per heavy atom. The maximum Gasteiger partial charge on any atom is 0.335 e. The lowest BCUT2D eigenvalue weighted by Gasteiger charge is -2.26. The second kappa shape index (κ2) is 7.03. The van der Waals surface area contributed by atoms with Gasteiger partial charge in [0.2, 0.25) is 0 Å². The molecule has 2 aliphatic rings. The molecule has 0 bridgehead atoms. The predicted octanol–water partition coefficient (Wildman–Crippen LogP) is 5.94. The summed E-state index contributed by atoms with van der Waals surface area (Å²) in [6.45, 7) is 0.678. The molecule has 0 fully saturated rings. The summed E-state index contributed by atoms with van der Waals surface area (Å²) in [5, 5.41) is 13.8. The van der Waals surface area contributed by atoms with Crippen molar-refractivity contribution in [3.8, 4) is 11.4 Å². The van der Waals surface area contributed by atoms with E-state index in [-0.39, 0.29) is 5.56 Å². The van der Waals surface area contributed by atoms with Gasteiger partial charge in [0.15, 0.2) is 5.82 Å². The monoisotopic (exact) mass is 425 g/mol. The van der Waals surface area contributed by atoms with Gasteiger partial charge in [0.1, 0.15) is 10.6 Å². The van der Waals surface area contributed by atoms with Crippen LogP contribution in [-0.4, -0.2) is 21.0 Å². The molecule has 0 saturated carbocycles. The van der Waals surface area contributed by atoms with E-state index in [2.05, 4.69) is 23.5 Å². The normalized spacial score (nSPS) is 16.4. The van der Waals surface area contributed by atoms with Crippen molar-refractivity contribution < 1.29 is 9.90 Å². The molecule has 0 radical (unpaired) electrons. The lowest BCUT2D eigenvalue weighted by Crippen LogP contribution is -2.10. The van der Waals surface area contributed by atoms with Crippen LogP contribution in [-0.2, 0) is 6.54 Å². The van der Waals surface area contributed by atoms with Gasteiger partial charge in [0, 0.05) is 28.5 Å². The molecule has 2 N–H and O–H groups in total. The van der Waals surface area contributed by atoms with Crippen molar-refractivity contribution in [1.29, 1.82) is 0 Å². The van der Waals surface area contributed by atoms with E-state index in [0.717, 1.165) is 28.0 Å². The molecule has 0 aliphatic heterocycles. The maximum absolute atomic E-state index is 11.2. The summed E-state index contributed by atoms with van der Waals surface area (Å²) in [4.78, 5) is 23.4. The van der Waals surface area contributed by atoms with Gasteiger partial charge in [-0.1, -0.05) is 48.5 Å². The number of anilines is 1. The van der Waals surface area contributed by atoms with Crippen molar-refractivity contribution in [2.24, 2.45) is 0 Å². The summed E-state index contributed by atoms with van der Waals surface area (Å²) in [5.41, 5.74) is 5.03. The minimum Gasteiger partial charge on any atom is -0.478 e. The van der Waals surface area contributed by atoms with Crippen LogP contribution in [0.25, 0.3) is 27.2 Å². The molecule has 2 aromatic heterocycles. The lowest BCUT2D eigenvalue weighted by atomic mass is 9.80. The van der Waals surface area contributed by atoms with Gasteiger partial charge in [-0.05, 0) is 36.1 Å². The number of aromatic nitrogens is 2. The Bertz CT molecular complexity index is 1360. The highest BCUT2D eigenvalue weighted by Gasteiger charge is 2.39. The highest BCUT2D eigenvalue weighted by Crippen LogP contribution is 2.59. The Labute approximate surface area is 183 Å². The summed E-state index contributed by atoms with van der Waals surface area (Å²) >= 11 is 1.77. The molecule has 6 heteroatoms. The Hall–Kier alpha value is -3.51. The zero-order valence-electron chi connectivity index (χ0n) is 16.6. The first-order chi connectivity index (χ1) is 15.2. The molecule has 0 saturated heterocycles. The summed E-state index contributed by atoms with van der Waals surface area (Å²) in [6, 6.07) is 17.0. The molecule has 31 heavy (non-hydrogen) atoms. The molecule has 4 aromatic rings. The van der Waals surface area contributed by atoms with E-state index in [1.807, 2.05) is 18.2 Å². The van der Waals surface area contributed by atoms with Crippen molar-refractivity contribution >= 4 is 38.9 Å². The number of nitrogens with one attached hydrogen (secondary N) is 1. The second-order valence-corrected chi connectivity index (χ2v) is 8.96. The number of benzene rings is 2. The number of rotatable bonds is 5. The predicted molar refractivity (Wildman–Crippen MR) is 124 cm³/mol. The molecule has 2 heterocycles. The molecule has 5 nitrogen and oxygen atoms in total. The molecule has 2 aliphatic carbocycles. The second-order valence-electron chi connectivity index (χ2n) is 7.93. The molecule has 0 spiro atoms. The van der Waals surface area contributed by atoms with Crippen molar-refractivity contribution in [3.63, 3.8) is 0 Å². The van der Waals surface area contributed by atoms with E-state index in [9.17, 15) is 9.90 Å².